The monoisotopic (exact) mass is 254 g/mol. The van der Waals surface area contributed by atoms with Crippen LogP contribution in [0, 0.1) is 11.3 Å². The lowest BCUT2D eigenvalue weighted by atomic mass is 9.81. The van der Waals surface area contributed by atoms with Gasteiger partial charge < -0.3 is 15.7 Å². The third-order valence-electron chi connectivity index (χ3n) is 4.66. The number of aliphatic hydroxyl groups is 1. The number of hydrogen-bond donors (Lipinski definition) is 3. The molecule has 4 nitrogen and oxygen atoms in total. The fourth-order valence-electron chi connectivity index (χ4n) is 3.51. The second-order valence-corrected chi connectivity index (χ2v) is 5.91. The Morgan fingerprint density at radius 2 is 2.33 bits per heavy atom. The summed E-state index contributed by atoms with van der Waals surface area (Å²) in [5, 5.41) is 15.8. The van der Waals surface area contributed by atoms with Crippen LogP contribution in [0.25, 0.3) is 0 Å². The van der Waals surface area contributed by atoms with Crippen molar-refractivity contribution in [2.24, 2.45) is 11.3 Å². The van der Waals surface area contributed by atoms with Crippen LogP contribution in [-0.4, -0.2) is 36.8 Å². The zero-order chi connectivity index (χ0) is 13.0. The third-order valence-corrected chi connectivity index (χ3v) is 4.66. The Hall–Kier alpha value is -0.610. The van der Waals surface area contributed by atoms with Crippen LogP contribution in [0.3, 0.4) is 0 Å². The Labute approximate surface area is 110 Å². The van der Waals surface area contributed by atoms with Gasteiger partial charge in [0.2, 0.25) is 5.91 Å². The van der Waals surface area contributed by atoms with E-state index in [1.807, 2.05) is 0 Å². The first kappa shape index (κ1) is 13.8. The van der Waals surface area contributed by atoms with Crippen LogP contribution < -0.4 is 10.6 Å². The standard InChI is InChI=1S/C14H26N2O2/c1-2-6-14(7-8-15-10-14)13(18)16-12-5-3-4-11(12)9-17/h11-12,15,17H,2-10H2,1H3,(H,16,18). The third kappa shape index (κ3) is 2.69. The van der Waals surface area contributed by atoms with Gasteiger partial charge in [-0.05, 0) is 32.2 Å². The second-order valence-electron chi connectivity index (χ2n) is 5.91. The van der Waals surface area contributed by atoms with E-state index in [4.69, 9.17) is 0 Å². The molecule has 104 valence electrons. The van der Waals surface area contributed by atoms with Gasteiger partial charge in [0.25, 0.3) is 0 Å². The number of aliphatic hydroxyl groups excluding tert-OH is 1. The molecule has 2 rings (SSSR count). The maximum atomic E-state index is 12.5. The average molecular weight is 254 g/mol. The molecule has 2 aliphatic rings. The number of carbonyl (C=O) groups excluding carboxylic acids is 1. The summed E-state index contributed by atoms with van der Waals surface area (Å²) >= 11 is 0. The van der Waals surface area contributed by atoms with E-state index in [9.17, 15) is 9.90 Å². The van der Waals surface area contributed by atoms with Gasteiger partial charge in [0, 0.05) is 25.1 Å². The smallest absolute Gasteiger partial charge is 0.227 e. The maximum absolute atomic E-state index is 12.5. The van der Waals surface area contributed by atoms with Crippen LogP contribution >= 0.6 is 0 Å². The van der Waals surface area contributed by atoms with Gasteiger partial charge in [-0.15, -0.1) is 0 Å². The highest BCUT2D eigenvalue weighted by molar-refractivity contribution is 5.83. The molecule has 0 radical (unpaired) electrons. The second kappa shape index (κ2) is 6.02. The molecular formula is C14H26N2O2. The van der Waals surface area contributed by atoms with Crippen LogP contribution in [-0.2, 0) is 4.79 Å². The van der Waals surface area contributed by atoms with Crippen molar-refractivity contribution in [3.05, 3.63) is 0 Å². The van der Waals surface area contributed by atoms with E-state index in [0.29, 0.717) is 0 Å². The van der Waals surface area contributed by atoms with Crippen molar-refractivity contribution in [2.45, 2.75) is 51.5 Å². The average Bonchev–Trinajstić information content (AvgIpc) is 2.99. The van der Waals surface area contributed by atoms with Crippen LogP contribution in [0.1, 0.15) is 45.4 Å². The fourth-order valence-corrected chi connectivity index (χ4v) is 3.51. The number of nitrogens with one attached hydrogen (secondary N) is 2. The molecule has 1 heterocycles. The SMILES string of the molecule is CCCC1(C(=O)NC2CCCC2CO)CCNC1. The Morgan fingerprint density at radius 1 is 1.50 bits per heavy atom. The summed E-state index contributed by atoms with van der Waals surface area (Å²) in [4.78, 5) is 12.5. The van der Waals surface area contributed by atoms with E-state index in [1.165, 1.54) is 0 Å². The molecule has 1 amide bonds. The van der Waals surface area contributed by atoms with Crippen molar-refractivity contribution in [1.82, 2.24) is 10.6 Å². The van der Waals surface area contributed by atoms with E-state index < -0.39 is 0 Å². The van der Waals surface area contributed by atoms with Crippen LogP contribution in [0.2, 0.25) is 0 Å². The van der Waals surface area contributed by atoms with Crippen molar-refractivity contribution in [2.75, 3.05) is 19.7 Å². The minimum absolute atomic E-state index is 0.192. The van der Waals surface area contributed by atoms with Gasteiger partial charge >= 0.3 is 0 Å². The molecule has 1 aliphatic heterocycles. The van der Waals surface area contributed by atoms with E-state index in [-0.39, 0.29) is 29.9 Å². The molecule has 1 saturated heterocycles. The summed E-state index contributed by atoms with van der Waals surface area (Å²) in [6, 6.07) is 0.192. The number of hydrogen-bond acceptors (Lipinski definition) is 3. The van der Waals surface area contributed by atoms with Gasteiger partial charge in [-0.3, -0.25) is 4.79 Å². The minimum atomic E-state index is -0.197. The molecule has 0 aromatic carbocycles. The van der Waals surface area contributed by atoms with Crippen molar-refractivity contribution in [3.63, 3.8) is 0 Å². The molecule has 4 heteroatoms. The number of carbonyl (C=O) groups is 1. The molecule has 0 aromatic rings. The maximum Gasteiger partial charge on any atom is 0.227 e. The van der Waals surface area contributed by atoms with Crippen molar-refractivity contribution < 1.29 is 9.90 Å². The predicted molar refractivity (Wildman–Crippen MR) is 71.2 cm³/mol. The quantitative estimate of drug-likeness (QED) is 0.687. The lowest BCUT2D eigenvalue weighted by molar-refractivity contribution is -0.131. The van der Waals surface area contributed by atoms with Gasteiger partial charge in [0.15, 0.2) is 0 Å². The summed E-state index contributed by atoms with van der Waals surface area (Å²) < 4.78 is 0. The van der Waals surface area contributed by atoms with Gasteiger partial charge in [-0.25, -0.2) is 0 Å². The Balaban J connectivity index is 1.97. The molecule has 3 atom stereocenters. The van der Waals surface area contributed by atoms with Crippen molar-refractivity contribution in [3.8, 4) is 0 Å². The zero-order valence-electron chi connectivity index (χ0n) is 11.4. The van der Waals surface area contributed by atoms with Gasteiger partial charge in [0.05, 0.1) is 5.41 Å². The molecule has 18 heavy (non-hydrogen) atoms. The minimum Gasteiger partial charge on any atom is -0.396 e. The highest BCUT2D eigenvalue weighted by Crippen LogP contribution is 2.33. The molecule has 1 saturated carbocycles. The molecule has 1 aliphatic carbocycles. The molecule has 0 spiro atoms. The fraction of sp³-hybridized carbons (Fsp3) is 0.929. The lowest BCUT2D eigenvalue weighted by Gasteiger charge is -2.30. The summed E-state index contributed by atoms with van der Waals surface area (Å²) in [5.41, 5.74) is -0.197. The van der Waals surface area contributed by atoms with Crippen molar-refractivity contribution in [1.29, 1.82) is 0 Å². The summed E-state index contributed by atoms with van der Waals surface area (Å²) in [7, 11) is 0. The first-order chi connectivity index (χ1) is 8.72. The summed E-state index contributed by atoms with van der Waals surface area (Å²) in [5.74, 6) is 0.474. The first-order valence-corrected chi connectivity index (χ1v) is 7.34. The Morgan fingerprint density at radius 3 is 2.94 bits per heavy atom. The highest BCUT2D eigenvalue weighted by atomic mass is 16.3. The van der Waals surface area contributed by atoms with Crippen LogP contribution in [0.4, 0.5) is 0 Å². The molecule has 3 N–H and O–H groups in total. The Bertz CT molecular complexity index is 288. The molecule has 2 fully saturated rings. The Kier molecular flexibility index (Phi) is 4.62. The van der Waals surface area contributed by atoms with Crippen LogP contribution in [0.15, 0.2) is 0 Å². The topological polar surface area (TPSA) is 61.4 Å². The number of amides is 1. The van der Waals surface area contributed by atoms with E-state index in [1.54, 1.807) is 0 Å². The van der Waals surface area contributed by atoms with E-state index in [2.05, 4.69) is 17.6 Å². The van der Waals surface area contributed by atoms with Gasteiger partial charge in [0.1, 0.15) is 0 Å². The largest absolute Gasteiger partial charge is 0.396 e. The summed E-state index contributed by atoms with van der Waals surface area (Å²) in [6.45, 7) is 4.09. The van der Waals surface area contributed by atoms with E-state index in [0.717, 1.165) is 51.6 Å². The van der Waals surface area contributed by atoms with Crippen LogP contribution in [0.5, 0.6) is 0 Å². The molecular weight excluding hydrogens is 228 g/mol. The predicted octanol–water partition coefficient (Wildman–Crippen LogP) is 1.04. The van der Waals surface area contributed by atoms with Gasteiger partial charge in [-0.2, -0.15) is 0 Å². The van der Waals surface area contributed by atoms with E-state index >= 15 is 0 Å². The van der Waals surface area contributed by atoms with Crippen molar-refractivity contribution >= 4 is 5.91 Å². The molecule has 0 bridgehead atoms. The normalized spacial score (nSPS) is 35.9. The summed E-state index contributed by atoms with van der Waals surface area (Å²) in [6.07, 6.45) is 6.14. The number of rotatable bonds is 5. The van der Waals surface area contributed by atoms with Gasteiger partial charge in [-0.1, -0.05) is 19.8 Å². The molecule has 0 aromatic heterocycles. The highest BCUT2D eigenvalue weighted by Gasteiger charge is 2.42. The lowest BCUT2D eigenvalue weighted by Crippen LogP contribution is -2.48. The first-order valence-electron chi connectivity index (χ1n) is 7.34. The molecule has 3 unspecified atom stereocenters. The zero-order valence-corrected chi connectivity index (χ0v) is 11.4.